The zero-order chi connectivity index (χ0) is 18.0. The Morgan fingerprint density at radius 1 is 0.615 bits per heavy atom. The van der Waals surface area contributed by atoms with Crippen LogP contribution >= 0.6 is 0 Å². The third-order valence-corrected chi connectivity index (χ3v) is 4.55. The van der Waals surface area contributed by atoms with Crippen LogP contribution in [0.1, 0.15) is 23.1 Å². The molecule has 3 rings (SSSR count). The topological polar surface area (TPSA) is 20.3 Å². The Hall–Kier alpha value is -2.87. The van der Waals surface area contributed by atoms with Crippen molar-refractivity contribution in [2.24, 2.45) is 0 Å². The highest BCUT2D eigenvalue weighted by molar-refractivity contribution is 5.76. The molecule has 132 valence electrons. The standard InChI is InChI=1S/C24H25NO/c26-24(17-16-21-10-4-1-5-11-21)25(20-23-14-8-3-9-15-23)19-18-22-12-6-2-7-13-22/h1-15H,16-20H2. The minimum atomic E-state index is 0.216. The van der Waals surface area contributed by atoms with Crippen molar-refractivity contribution in [3.63, 3.8) is 0 Å². The second kappa shape index (κ2) is 9.57. The van der Waals surface area contributed by atoms with E-state index in [-0.39, 0.29) is 5.91 Å². The predicted molar refractivity (Wildman–Crippen MR) is 107 cm³/mol. The molecule has 0 fully saturated rings. The summed E-state index contributed by atoms with van der Waals surface area (Å²) in [5, 5.41) is 0. The normalized spacial score (nSPS) is 10.5. The first-order chi connectivity index (χ1) is 12.8. The molecule has 0 saturated heterocycles. The first-order valence-electron chi connectivity index (χ1n) is 9.21. The molecule has 0 atom stereocenters. The number of hydrogen-bond donors (Lipinski definition) is 0. The lowest BCUT2D eigenvalue weighted by molar-refractivity contribution is -0.131. The highest BCUT2D eigenvalue weighted by atomic mass is 16.2. The SMILES string of the molecule is O=C(CCc1ccccc1)N(CCc1ccccc1)Cc1ccccc1. The van der Waals surface area contributed by atoms with Gasteiger partial charge in [0.2, 0.25) is 5.91 Å². The molecule has 0 bridgehead atoms. The van der Waals surface area contributed by atoms with E-state index in [9.17, 15) is 4.79 Å². The van der Waals surface area contributed by atoms with Crippen molar-refractivity contribution in [3.05, 3.63) is 108 Å². The molecule has 0 aliphatic carbocycles. The summed E-state index contributed by atoms with van der Waals surface area (Å²) in [5.41, 5.74) is 3.65. The van der Waals surface area contributed by atoms with Crippen molar-refractivity contribution < 1.29 is 4.79 Å². The van der Waals surface area contributed by atoms with E-state index in [0.717, 1.165) is 19.4 Å². The fraction of sp³-hybridized carbons (Fsp3) is 0.208. The minimum absolute atomic E-state index is 0.216. The Morgan fingerprint density at radius 3 is 1.62 bits per heavy atom. The van der Waals surface area contributed by atoms with Crippen molar-refractivity contribution in [3.8, 4) is 0 Å². The summed E-state index contributed by atoms with van der Waals surface area (Å²) in [6, 6.07) is 30.8. The van der Waals surface area contributed by atoms with Crippen LogP contribution < -0.4 is 0 Å². The van der Waals surface area contributed by atoms with Crippen LogP contribution in [0.4, 0.5) is 0 Å². The van der Waals surface area contributed by atoms with Gasteiger partial charge >= 0.3 is 0 Å². The van der Waals surface area contributed by atoms with E-state index < -0.39 is 0 Å². The van der Waals surface area contributed by atoms with Crippen LogP contribution in [0.2, 0.25) is 0 Å². The zero-order valence-electron chi connectivity index (χ0n) is 15.1. The quantitative estimate of drug-likeness (QED) is 0.570. The Balaban J connectivity index is 1.63. The van der Waals surface area contributed by atoms with Gasteiger partial charge in [-0.15, -0.1) is 0 Å². The Kier molecular flexibility index (Phi) is 6.60. The van der Waals surface area contributed by atoms with E-state index in [1.54, 1.807) is 0 Å². The molecule has 0 spiro atoms. The van der Waals surface area contributed by atoms with Crippen molar-refractivity contribution in [1.29, 1.82) is 0 Å². The van der Waals surface area contributed by atoms with Crippen molar-refractivity contribution in [2.75, 3.05) is 6.54 Å². The lowest BCUT2D eigenvalue weighted by Crippen LogP contribution is -2.32. The van der Waals surface area contributed by atoms with Gasteiger partial charge in [-0.05, 0) is 29.5 Å². The minimum Gasteiger partial charge on any atom is -0.338 e. The second-order valence-electron chi connectivity index (χ2n) is 6.52. The van der Waals surface area contributed by atoms with Crippen molar-refractivity contribution >= 4 is 5.91 Å². The van der Waals surface area contributed by atoms with Gasteiger partial charge in [-0.3, -0.25) is 4.79 Å². The van der Waals surface area contributed by atoms with Gasteiger partial charge in [0, 0.05) is 19.5 Å². The molecule has 0 radical (unpaired) electrons. The first kappa shape index (κ1) is 17.9. The van der Waals surface area contributed by atoms with Gasteiger partial charge in [0.25, 0.3) is 0 Å². The van der Waals surface area contributed by atoms with E-state index in [4.69, 9.17) is 0 Å². The molecule has 3 aromatic rings. The largest absolute Gasteiger partial charge is 0.338 e. The molecule has 26 heavy (non-hydrogen) atoms. The van der Waals surface area contributed by atoms with Crippen LogP contribution in [0.3, 0.4) is 0 Å². The summed E-state index contributed by atoms with van der Waals surface area (Å²) >= 11 is 0. The van der Waals surface area contributed by atoms with E-state index in [1.165, 1.54) is 16.7 Å². The van der Waals surface area contributed by atoms with Crippen LogP contribution in [-0.4, -0.2) is 17.4 Å². The molecule has 1 amide bonds. The highest BCUT2D eigenvalue weighted by Crippen LogP contribution is 2.11. The smallest absolute Gasteiger partial charge is 0.223 e. The lowest BCUT2D eigenvalue weighted by atomic mass is 10.1. The maximum absolute atomic E-state index is 12.9. The van der Waals surface area contributed by atoms with Gasteiger partial charge in [0.1, 0.15) is 0 Å². The molecule has 0 unspecified atom stereocenters. The van der Waals surface area contributed by atoms with Crippen LogP contribution in [0, 0.1) is 0 Å². The van der Waals surface area contributed by atoms with E-state index in [0.29, 0.717) is 13.0 Å². The number of nitrogens with zero attached hydrogens (tertiary/aromatic N) is 1. The summed E-state index contributed by atoms with van der Waals surface area (Å²) in [5.74, 6) is 0.216. The number of aryl methyl sites for hydroxylation is 1. The summed E-state index contributed by atoms with van der Waals surface area (Å²) in [6.45, 7) is 1.41. The summed E-state index contributed by atoms with van der Waals surface area (Å²) in [4.78, 5) is 14.9. The molecule has 2 nitrogen and oxygen atoms in total. The molecule has 0 saturated carbocycles. The monoisotopic (exact) mass is 343 g/mol. The van der Waals surface area contributed by atoms with Gasteiger partial charge < -0.3 is 4.90 Å². The number of carbonyl (C=O) groups excluding carboxylic acids is 1. The van der Waals surface area contributed by atoms with Crippen molar-refractivity contribution in [1.82, 2.24) is 4.90 Å². The summed E-state index contributed by atoms with van der Waals surface area (Å²) in [6.07, 6.45) is 2.21. The average Bonchev–Trinajstić information content (AvgIpc) is 2.71. The number of amides is 1. The van der Waals surface area contributed by atoms with Crippen LogP contribution in [0.5, 0.6) is 0 Å². The first-order valence-corrected chi connectivity index (χ1v) is 9.21. The summed E-state index contributed by atoms with van der Waals surface area (Å²) < 4.78 is 0. The van der Waals surface area contributed by atoms with Gasteiger partial charge in [-0.2, -0.15) is 0 Å². The molecule has 3 aromatic carbocycles. The van der Waals surface area contributed by atoms with E-state index in [2.05, 4.69) is 36.4 Å². The number of carbonyl (C=O) groups is 1. The molecule has 0 aliphatic rings. The molecule has 2 heteroatoms. The van der Waals surface area contributed by atoms with Gasteiger partial charge in [-0.25, -0.2) is 0 Å². The molecule has 0 N–H and O–H groups in total. The second-order valence-corrected chi connectivity index (χ2v) is 6.52. The number of hydrogen-bond acceptors (Lipinski definition) is 1. The zero-order valence-corrected chi connectivity index (χ0v) is 15.1. The third-order valence-electron chi connectivity index (χ3n) is 4.55. The molecule has 0 heterocycles. The molecular formula is C24H25NO. The van der Waals surface area contributed by atoms with Crippen LogP contribution in [0.15, 0.2) is 91.0 Å². The predicted octanol–water partition coefficient (Wildman–Crippen LogP) is 4.89. The van der Waals surface area contributed by atoms with Crippen molar-refractivity contribution in [2.45, 2.75) is 25.8 Å². The fourth-order valence-electron chi connectivity index (χ4n) is 3.06. The lowest BCUT2D eigenvalue weighted by Gasteiger charge is -2.23. The van der Waals surface area contributed by atoms with Crippen LogP contribution in [0.25, 0.3) is 0 Å². The van der Waals surface area contributed by atoms with Crippen LogP contribution in [-0.2, 0) is 24.2 Å². The molecule has 0 aromatic heterocycles. The Labute approximate surface area is 156 Å². The number of rotatable bonds is 8. The fourth-order valence-corrected chi connectivity index (χ4v) is 3.06. The molecular weight excluding hydrogens is 318 g/mol. The van der Waals surface area contributed by atoms with Gasteiger partial charge in [0.05, 0.1) is 0 Å². The van der Waals surface area contributed by atoms with Gasteiger partial charge in [-0.1, -0.05) is 91.0 Å². The summed E-state index contributed by atoms with van der Waals surface area (Å²) in [7, 11) is 0. The Bertz CT molecular complexity index is 784. The molecule has 0 aliphatic heterocycles. The highest BCUT2D eigenvalue weighted by Gasteiger charge is 2.14. The Morgan fingerprint density at radius 2 is 1.08 bits per heavy atom. The van der Waals surface area contributed by atoms with Gasteiger partial charge in [0.15, 0.2) is 0 Å². The maximum atomic E-state index is 12.9. The van der Waals surface area contributed by atoms with E-state index >= 15 is 0 Å². The van der Waals surface area contributed by atoms with E-state index in [1.807, 2.05) is 59.5 Å². The average molecular weight is 343 g/mol. The maximum Gasteiger partial charge on any atom is 0.223 e. The third kappa shape index (κ3) is 5.59. The number of benzene rings is 3.